The monoisotopic (exact) mass is 634 g/mol. The Balaban J connectivity index is 1.11. The number of benzene rings is 1. The van der Waals surface area contributed by atoms with Gasteiger partial charge in [0.15, 0.2) is 5.76 Å². The van der Waals surface area contributed by atoms with Crippen LogP contribution in [0.25, 0.3) is 0 Å². The number of carbonyl (C=O) groups excluding carboxylic acids is 2. The van der Waals surface area contributed by atoms with Gasteiger partial charge in [-0.05, 0) is 104 Å². The Labute approximate surface area is 279 Å². The van der Waals surface area contributed by atoms with E-state index in [1.807, 2.05) is 17.8 Å². The summed E-state index contributed by atoms with van der Waals surface area (Å²) in [6.07, 6.45) is 15.1. The minimum atomic E-state index is -0.462. The largest absolute Gasteiger partial charge is 0.504 e. The van der Waals surface area contributed by atoms with E-state index in [4.69, 9.17) is 0 Å². The standard InChI is InChI=1S/C40H50N4O3/c1-25-8-10-27(11-9-25)23-44-24-28(42-43-44)22-41-35(47)37(4)15-14-36(3)16-18-39(6)32-13-12-29-26(2)34(46)31(45)20-30(29)38(32,5)17-19-40(39,7)33(36)21-37/h8-13,20,24,33,46H,14-19,21-23H2,1-7H3,(H,41,47)/t33-,36-,37-,38+,39-,40+/m1/s1. The van der Waals surface area contributed by atoms with Gasteiger partial charge in [0.05, 0.1) is 19.3 Å². The summed E-state index contributed by atoms with van der Waals surface area (Å²) in [5, 5.41) is 22.4. The van der Waals surface area contributed by atoms with Gasteiger partial charge >= 0.3 is 0 Å². The molecule has 0 radical (unpaired) electrons. The first-order chi connectivity index (χ1) is 22.1. The molecule has 1 aromatic carbocycles. The summed E-state index contributed by atoms with van der Waals surface area (Å²) in [7, 11) is 0. The highest BCUT2D eigenvalue weighted by molar-refractivity contribution is 6.06. The fourth-order valence-electron chi connectivity index (χ4n) is 10.4. The van der Waals surface area contributed by atoms with Crippen LogP contribution in [0.15, 0.2) is 76.7 Å². The van der Waals surface area contributed by atoms with Crippen LogP contribution in [0.3, 0.4) is 0 Å². The third kappa shape index (κ3) is 4.74. The zero-order valence-corrected chi connectivity index (χ0v) is 29.2. The van der Waals surface area contributed by atoms with Gasteiger partial charge in [-0.3, -0.25) is 9.59 Å². The highest BCUT2D eigenvalue weighted by Crippen LogP contribution is 2.75. The van der Waals surface area contributed by atoms with Crippen molar-refractivity contribution >= 4 is 11.7 Å². The van der Waals surface area contributed by atoms with Crippen LogP contribution in [-0.4, -0.2) is 31.8 Å². The number of aliphatic hydroxyl groups excluding tert-OH is 1. The van der Waals surface area contributed by atoms with Crippen molar-refractivity contribution in [1.82, 2.24) is 20.3 Å². The fraction of sp³-hybridized carbons (Fsp3) is 0.550. The number of aryl methyl sites for hydroxylation is 1. The number of aliphatic hydroxyl groups is 1. The molecular formula is C40H50N4O3. The molecule has 0 bridgehead atoms. The third-order valence-corrected chi connectivity index (χ3v) is 13.9. The molecule has 5 aliphatic rings. The SMILES string of the molecule is CC1=C(O)C(=O)C=C2C1=CC=C1[C@@]2(C)CC[C@@]2(C)[C@@H]3C[C@](C)(C(=O)NCc4cn(Cc5ccc(C)cc5)nn4)CC[C@]3(C)CC[C@]12C. The van der Waals surface area contributed by atoms with Gasteiger partial charge in [-0.15, -0.1) is 5.10 Å². The lowest BCUT2D eigenvalue weighted by atomic mass is 9.34. The van der Waals surface area contributed by atoms with Crippen molar-refractivity contribution in [2.75, 3.05) is 0 Å². The summed E-state index contributed by atoms with van der Waals surface area (Å²) in [5.74, 6) is 0.0840. The molecule has 2 aromatic rings. The number of carbonyl (C=O) groups is 2. The Morgan fingerprint density at radius 2 is 1.70 bits per heavy atom. The van der Waals surface area contributed by atoms with Crippen LogP contribution in [-0.2, 0) is 22.7 Å². The van der Waals surface area contributed by atoms with Crippen LogP contribution in [0.4, 0.5) is 0 Å². The van der Waals surface area contributed by atoms with E-state index in [9.17, 15) is 14.7 Å². The second-order valence-corrected chi connectivity index (χ2v) is 16.7. The van der Waals surface area contributed by atoms with Gasteiger partial charge < -0.3 is 10.4 Å². The molecular weight excluding hydrogens is 584 g/mol. The summed E-state index contributed by atoms with van der Waals surface area (Å²) >= 11 is 0. The lowest BCUT2D eigenvalue weighted by Gasteiger charge is -2.70. The maximum Gasteiger partial charge on any atom is 0.226 e. The van der Waals surface area contributed by atoms with Gasteiger partial charge in [0, 0.05) is 16.4 Å². The molecule has 0 unspecified atom stereocenters. The molecule has 7 rings (SSSR count). The average Bonchev–Trinajstić information content (AvgIpc) is 3.49. The van der Waals surface area contributed by atoms with E-state index in [0.29, 0.717) is 24.6 Å². The average molecular weight is 635 g/mol. The van der Waals surface area contributed by atoms with Crippen molar-refractivity contribution in [3.8, 4) is 0 Å². The maximum absolute atomic E-state index is 14.0. The second kappa shape index (κ2) is 10.6. The Kier molecular flexibility index (Phi) is 7.20. The molecule has 2 N–H and O–H groups in total. The molecule has 1 heterocycles. The highest BCUT2D eigenvalue weighted by atomic mass is 16.3. The summed E-state index contributed by atoms with van der Waals surface area (Å²) in [6.45, 7) is 16.9. The zero-order valence-electron chi connectivity index (χ0n) is 29.2. The summed E-state index contributed by atoms with van der Waals surface area (Å²) in [5.41, 5.74) is 6.73. The number of nitrogens with zero attached hydrogens (tertiary/aromatic N) is 3. The van der Waals surface area contributed by atoms with Crippen LogP contribution in [0.1, 0.15) is 103 Å². The molecule has 248 valence electrons. The van der Waals surface area contributed by atoms with Gasteiger partial charge in [-0.1, -0.05) is 87.4 Å². The Morgan fingerprint density at radius 1 is 0.979 bits per heavy atom. The molecule has 3 saturated carbocycles. The number of hydrogen-bond donors (Lipinski definition) is 2. The van der Waals surface area contributed by atoms with Crippen LogP contribution in [0.2, 0.25) is 0 Å². The Hall–Kier alpha value is -3.74. The zero-order chi connectivity index (χ0) is 33.6. The first kappa shape index (κ1) is 31.8. The molecule has 5 aliphatic carbocycles. The fourth-order valence-corrected chi connectivity index (χ4v) is 10.4. The quantitative estimate of drug-likeness (QED) is 0.349. The van der Waals surface area contributed by atoms with Crippen molar-refractivity contribution in [1.29, 1.82) is 0 Å². The first-order valence-corrected chi connectivity index (χ1v) is 17.4. The number of aromatic nitrogens is 3. The minimum absolute atomic E-state index is 0.00355. The Morgan fingerprint density at radius 3 is 2.45 bits per heavy atom. The molecule has 0 spiro atoms. The molecule has 6 atom stereocenters. The molecule has 0 saturated heterocycles. The van der Waals surface area contributed by atoms with Crippen molar-refractivity contribution in [3.05, 3.63) is 93.6 Å². The van der Waals surface area contributed by atoms with Crippen LogP contribution >= 0.6 is 0 Å². The van der Waals surface area contributed by atoms with Crippen molar-refractivity contribution in [2.45, 2.75) is 107 Å². The van der Waals surface area contributed by atoms with Gasteiger partial charge in [-0.2, -0.15) is 0 Å². The number of fused-ring (bicyclic) bond motifs is 7. The number of rotatable bonds is 5. The molecule has 3 fully saturated rings. The number of ketones is 1. The second-order valence-electron chi connectivity index (χ2n) is 16.7. The summed E-state index contributed by atoms with van der Waals surface area (Å²) < 4.78 is 1.83. The molecule has 7 nitrogen and oxygen atoms in total. The highest BCUT2D eigenvalue weighted by Gasteiger charge is 2.67. The van der Waals surface area contributed by atoms with E-state index in [0.717, 1.165) is 61.8 Å². The number of amides is 1. The molecule has 7 heteroatoms. The van der Waals surface area contributed by atoms with Crippen LogP contribution in [0, 0.1) is 39.9 Å². The van der Waals surface area contributed by atoms with E-state index in [-0.39, 0.29) is 39.1 Å². The minimum Gasteiger partial charge on any atom is -0.504 e. The van der Waals surface area contributed by atoms with E-state index >= 15 is 0 Å². The number of allylic oxidation sites excluding steroid dienone is 7. The summed E-state index contributed by atoms with van der Waals surface area (Å²) in [6, 6.07) is 8.42. The smallest absolute Gasteiger partial charge is 0.226 e. The molecule has 1 amide bonds. The maximum atomic E-state index is 14.0. The number of nitrogens with one attached hydrogen (secondary N) is 1. The van der Waals surface area contributed by atoms with Gasteiger partial charge in [0.25, 0.3) is 0 Å². The van der Waals surface area contributed by atoms with Crippen molar-refractivity contribution < 1.29 is 14.7 Å². The predicted octanol–water partition coefficient (Wildman–Crippen LogP) is 7.88. The number of hydrogen-bond acceptors (Lipinski definition) is 5. The first-order valence-electron chi connectivity index (χ1n) is 17.4. The van der Waals surface area contributed by atoms with Gasteiger partial charge in [-0.25, -0.2) is 4.68 Å². The predicted molar refractivity (Wildman–Crippen MR) is 183 cm³/mol. The van der Waals surface area contributed by atoms with E-state index in [1.54, 1.807) is 6.08 Å². The van der Waals surface area contributed by atoms with Gasteiger partial charge in [0.2, 0.25) is 11.7 Å². The van der Waals surface area contributed by atoms with Crippen molar-refractivity contribution in [3.63, 3.8) is 0 Å². The van der Waals surface area contributed by atoms with E-state index in [1.165, 1.54) is 16.7 Å². The van der Waals surface area contributed by atoms with Crippen LogP contribution < -0.4 is 5.32 Å². The van der Waals surface area contributed by atoms with Crippen molar-refractivity contribution in [2.24, 2.45) is 33.0 Å². The topological polar surface area (TPSA) is 97.1 Å². The molecule has 0 aliphatic heterocycles. The lowest BCUT2D eigenvalue weighted by molar-refractivity contribution is -0.169. The van der Waals surface area contributed by atoms with Gasteiger partial charge in [0.1, 0.15) is 5.69 Å². The van der Waals surface area contributed by atoms with Crippen LogP contribution in [0.5, 0.6) is 0 Å². The molecule has 47 heavy (non-hydrogen) atoms. The lowest BCUT2D eigenvalue weighted by Crippen LogP contribution is -2.62. The van der Waals surface area contributed by atoms with E-state index in [2.05, 4.69) is 93.6 Å². The third-order valence-electron chi connectivity index (χ3n) is 13.9. The Bertz CT molecular complexity index is 1790. The van der Waals surface area contributed by atoms with E-state index < -0.39 is 5.41 Å². The normalized spacial score (nSPS) is 36.3. The summed E-state index contributed by atoms with van der Waals surface area (Å²) in [4.78, 5) is 26.8. The molecule has 1 aromatic heterocycles.